The van der Waals surface area contributed by atoms with Crippen molar-refractivity contribution in [1.82, 2.24) is 4.31 Å². The number of aromatic carboxylic acids is 1. The van der Waals surface area contributed by atoms with Crippen molar-refractivity contribution in [3.63, 3.8) is 0 Å². The van der Waals surface area contributed by atoms with Gasteiger partial charge in [0.2, 0.25) is 10.0 Å². The molecule has 0 radical (unpaired) electrons. The van der Waals surface area contributed by atoms with Crippen molar-refractivity contribution >= 4 is 27.6 Å². The number of halogens is 3. The second-order valence-corrected chi connectivity index (χ2v) is 6.27. The molecule has 0 atom stereocenters. The van der Waals surface area contributed by atoms with Gasteiger partial charge in [0.1, 0.15) is 0 Å². The normalized spacial score (nSPS) is 12.1. The monoisotopic (exact) mass is 343 g/mol. The number of sulfonamides is 1. The van der Waals surface area contributed by atoms with Gasteiger partial charge in [-0.2, -0.15) is 4.31 Å². The molecule has 6 nitrogen and oxygen atoms in total. The van der Waals surface area contributed by atoms with Gasteiger partial charge in [-0.3, -0.25) is 0 Å². The van der Waals surface area contributed by atoms with Gasteiger partial charge in [-0.15, -0.1) is 0 Å². The first-order chi connectivity index (χ1) is 9.70. The number of alkyl halides is 2. The third-order valence-electron chi connectivity index (χ3n) is 2.50. The van der Waals surface area contributed by atoms with Crippen molar-refractivity contribution in [3.05, 3.63) is 28.8 Å². The van der Waals surface area contributed by atoms with Crippen LogP contribution >= 0.6 is 11.6 Å². The lowest BCUT2D eigenvalue weighted by atomic mass is 10.2. The van der Waals surface area contributed by atoms with Crippen LogP contribution in [0.3, 0.4) is 0 Å². The fourth-order valence-electron chi connectivity index (χ4n) is 1.55. The van der Waals surface area contributed by atoms with E-state index in [0.29, 0.717) is 4.31 Å². The van der Waals surface area contributed by atoms with E-state index in [4.69, 9.17) is 21.8 Å². The average molecular weight is 344 g/mol. The Morgan fingerprint density at radius 3 is 2.43 bits per heavy atom. The summed E-state index contributed by atoms with van der Waals surface area (Å²) in [6.45, 7) is -2.22. The zero-order valence-corrected chi connectivity index (χ0v) is 12.1. The van der Waals surface area contributed by atoms with Crippen molar-refractivity contribution in [1.29, 1.82) is 0 Å². The number of rotatable bonds is 7. The number of aliphatic hydroxyl groups is 1. The molecule has 0 saturated carbocycles. The molecule has 1 aromatic carbocycles. The second-order valence-electron chi connectivity index (χ2n) is 3.92. The molecule has 0 aromatic heterocycles. The van der Waals surface area contributed by atoms with Gasteiger partial charge in [0.15, 0.2) is 0 Å². The van der Waals surface area contributed by atoms with Crippen LogP contribution in [0.15, 0.2) is 23.1 Å². The lowest BCUT2D eigenvalue weighted by Gasteiger charge is -2.21. The van der Waals surface area contributed by atoms with E-state index in [0.717, 1.165) is 18.2 Å². The van der Waals surface area contributed by atoms with Gasteiger partial charge in [0, 0.05) is 6.54 Å². The highest BCUT2D eigenvalue weighted by atomic mass is 35.5. The molecular weight excluding hydrogens is 332 g/mol. The Kier molecular flexibility index (Phi) is 6.02. The van der Waals surface area contributed by atoms with Crippen LogP contribution < -0.4 is 0 Å². The highest BCUT2D eigenvalue weighted by molar-refractivity contribution is 7.89. The van der Waals surface area contributed by atoms with Crippen LogP contribution in [0, 0.1) is 0 Å². The Balaban J connectivity index is 3.21. The molecule has 0 aliphatic heterocycles. The van der Waals surface area contributed by atoms with Crippen molar-refractivity contribution in [2.75, 3.05) is 19.7 Å². The van der Waals surface area contributed by atoms with Crippen molar-refractivity contribution in [2.24, 2.45) is 0 Å². The van der Waals surface area contributed by atoms with Crippen LogP contribution in [-0.2, 0) is 10.0 Å². The summed E-state index contributed by atoms with van der Waals surface area (Å²) < 4.78 is 49.6. The number of carbonyl (C=O) groups is 1. The second kappa shape index (κ2) is 7.12. The Labute approximate surface area is 124 Å². The van der Waals surface area contributed by atoms with E-state index in [1.807, 2.05) is 0 Å². The predicted octanol–water partition coefficient (Wildman–Crippen LogP) is 1.29. The summed E-state index contributed by atoms with van der Waals surface area (Å²) in [5, 5.41) is 17.2. The molecule has 0 saturated heterocycles. The first-order valence-corrected chi connectivity index (χ1v) is 7.44. The van der Waals surface area contributed by atoms with Gasteiger partial charge in [-0.25, -0.2) is 22.0 Å². The molecule has 0 unspecified atom stereocenters. The molecule has 0 spiro atoms. The molecule has 0 bridgehead atoms. The fourth-order valence-corrected chi connectivity index (χ4v) is 3.32. The van der Waals surface area contributed by atoms with Crippen LogP contribution in [0.5, 0.6) is 0 Å². The summed E-state index contributed by atoms with van der Waals surface area (Å²) >= 11 is 5.66. The van der Waals surface area contributed by atoms with E-state index in [2.05, 4.69) is 0 Å². The van der Waals surface area contributed by atoms with E-state index in [-0.39, 0.29) is 10.6 Å². The third-order valence-corrected chi connectivity index (χ3v) is 4.67. The predicted molar refractivity (Wildman–Crippen MR) is 70.3 cm³/mol. The van der Waals surface area contributed by atoms with Crippen molar-refractivity contribution in [3.8, 4) is 0 Å². The summed E-state index contributed by atoms with van der Waals surface area (Å²) in [4.78, 5) is 10.4. The molecule has 0 amide bonds. The number of nitrogens with zero attached hydrogens (tertiary/aromatic N) is 1. The van der Waals surface area contributed by atoms with Gasteiger partial charge < -0.3 is 10.2 Å². The molecule has 2 N–H and O–H groups in total. The van der Waals surface area contributed by atoms with E-state index in [1.165, 1.54) is 0 Å². The maximum Gasteiger partial charge on any atom is 0.337 e. The minimum atomic E-state index is -4.31. The van der Waals surface area contributed by atoms with E-state index in [1.54, 1.807) is 0 Å². The first-order valence-electron chi connectivity index (χ1n) is 5.62. The molecule has 21 heavy (non-hydrogen) atoms. The number of benzene rings is 1. The molecule has 0 heterocycles. The minimum Gasteiger partial charge on any atom is -0.478 e. The Morgan fingerprint density at radius 1 is 1.38 bits per heavy atom. The summed E-state index contributed by atoms with van der Waals surface area (Å²) in [5.74, 6) is -1.34. The number of aliphatic hydroxyl groups excluding tert-OH is 1. The van der Waals surface area contributed by atoms with Gasteiger partial charge >= 0.3 is 5.97 Å². The highest BCUT2D eigenvalue weighted by Gasteiger charge is 2.27. The topological polar surface area (TPSA) is 94.9 Å². The Morgan fingerprint density at radius 2 is 2.00 bits per heavy atom. The van der Waals surface area contributed by atoms with Crippen LogP contribution in [-0.4, -0.2) is 55.0 Å². The Hall–Kier alpha value is -1.29. The molecule has 118 valence electrons. The molecule has 0 aliphatic carbocycles. The lowest BCUT2D eigenvalue weighted by Crippen LogP contribution is -2.37. The van der Waals surface area contributed by atoms with Crippen LogP contribution in [0.2, 0.25) is 5.02 Å². The Bertz CT molecular complexity index is 623. The first kappa shape index (κ1) is 17.8. The zero-order chi connectivity index (χ0) is 16.2. The van der Waals surface area contributed by atoms with Gasteiger partial charge in [0.25, 0.3) is 6.43 Å². The summed E-state index contributed by atoms with van der Waals surface area (Å²) in [6, 6.07) is 2.80. The molecular formula is C11H12ClF2NO5S. The average Bonchev–Trinajstić information content (AvgIpc) is 2.37. The van der Waals surface area contributed by atoms with Crippen molar-refractivity contribution in [2.45, 2.75) is 11.3 Å². The van der Waals surface area contributed by atoms with E-state index < -0.39 is 47.0 Å². The minimum absolute atomic E-state index is 0.307. The van der Waals surface area contributed by atoms with Gasteiger partial charge in [-0.1, -0.05) is 11.6 Å². The fraction of sp³-hybridized carbons (Fsp3) is 0.364. The van der Waals surface area contributed by atoms with E-state index in [9.17, 15) is 22.0 Å². The summed E-state index contributed by atoms with van der Waals surface area (Å²) in [6.07, 6.45) is -2.92. The largest absolute Gasteiger partial charge is 0.478 e. The third kappa shape index (κ3) is 4.34. The maximum atomic E-state index is 12.4. The maximum absolute atomic E-state index is 12.4. The lowest BCUT2D eigenvalue weighted by molar-refractivity contribution is 0.0697. The SMILES string of the molecule is O=C(O)c1ccc(S(=O)(=O)N(CCO)CC(F)F)cc1Cl. The van der Waals surface area contributed by atoms with Crippen LogP contribution in [0.25, 0.3) is 0 Å². The van der Waals surface area contributed by atoms with Crippen molar-refractivity contribution < 1.29 is 32.2 Å². The van der Waals surface area contributed by atoms with E-state index >= 15 is 0 Å². The number of carboxylic acids is 1. The molecule has 0 aliphatic rings. The summed E-state index contributed by atoms with van der Waals surface area (Å²) in [7, 11) is -4.31. The van der Waals surface area contributed by atoms with Gasteiger partial charge in [-0.05, 0) is 18.2 Å². The molecule has 0 fully saturated rings. The standard InChI is InChI=1S/C11H12ClF2NO5S/c12-9-5-7(1-2-8(9)11(17)18)21(19,20)15(3-4-16)6-10(13)14/h1-2,5,10,16H,3-4,6H2,(H,17,18). The molecule has 10 heteroatoms. The van der Waals surface area contributed by atoms with Gasteiger partial charge in [0.05, 0.1) is 28.6 Å². The van der Waals surface area contributed by atoms with Crippen LogP contribution in [0.1, 0.15) is 10.4 Å². The summed E-state index contributed by atoms with van der Waals surface area (Å²) in [5.41, 5.74) is -0.307. The number of hydrogen-bond donors (Lipinski definition) is 2. The highest BCUT2D eigenvalue weighted by Crippen LogP contribution is 2.23. The quantitative estimate of drug-likeness (QED) is 0.777. The number of carboxylic acid groups (broad SMARTS) is 1. The smallest absolute Gasteiger partial charge is 0.337 e. The van der Waals surface area contributed by atoms with Crippen LogP contribution in [0.4, 0.5) is 8.78 Å². The number of hydrogen-bond acceptors (Lipinski definition) is 4. The molecule has 1 aromatic rings. The molecule has 1 rings (SSSR count). The zero-order valence-electron chi connectivity index (χ0n) is 10.5.